The van der Waals surface area contributed by atoms with Crippen LogP contribution in [0, 0.1) is 6.92 Å². The second kappa shape index (κ2) is 4.55. The summed E-state index contributed by atoms with van der Waals surface area (Å²) >= 11 is 7.78. The molecular formula is C13H10ClN3S. The highest BCUT2D eigenvalue weighted by atomic mass is 35.5. The van der Waals surface area contributed by atoms with Crippen molar-refractivity contribution in [1.29, 1.82) is 0 Å². The minimum atomic E-state index is 0.677. The largest absolute Gasteiger partial charge is 0.338 e. The van der Waals surface area contributed by atoms with Gasteiger partial charge in [0.25, 0.3) is 0 Å². The first-order valence-electron chi connectivity index (χ1n) is 5.47. The van der Waals surface area contributed by atoms with Crippen LogP contribution >= 0.6 is 22.9 Å². The molecule has 0 atom stereocenters. The Morgan fingerprint density at radius 1 is 1.22 bits per heavy atom. The number of benzene rings is 1. The van der Waals surface area contributed by atoms with Gasteiger partial charge in [-0.15, -0.1) is 11.3 Å². The lowest BCUT2D eigenvalue weighted by Crippen LogP contribution is -1.94. The van der Waals surface area contributed by atoms with E-state index in [1.165, 1.54) is 4.88 Å². The lowest BCUT2D eigenvalue weighted by Gasteiger charge is -2.07. The third-order valence-corrected chi connectivity index (χ3v) is 3.87. The molecule has 0 spiro atoms. The fraction of sp³-hybridized carbons (Fsp3) is 0.0769. The number of nitrogens with one attached hydrogen (secondary N) is 1. The van der Waals surface area contributed by atoms with Gasteiger partial charge in [0.15, 0.2) is 0 Å². The first kappa shape index (κ1) is 11.4. The van der Waals surface area contributed by atoms with Crippen LogP contribution in [0.4, 0.5) is 11.5 Å². The van der Waals surface area contributed by atoms with E-state index in [4.69, 9.17) is 11.6 Å². The van der Waals surface area contributed by atoms with Crippen molar-refractivity contribution in [1.82, 2.24) is 9.97 Å². The number of hydrogen-bond donors (Lipinski definition) is 1. The highest BCUT2D eigenvalue weighted by molar-refractivity contribution is 7.18. The molecule has 0 bridgehead atoms. The Morgan fingerprint density at radius 3 is 2.89 bits per heavy atom. The summed E-state index contributed by atoms with van der Waals surface area (Å²) in [7, 11) is 0. The molecular weight excluding hydrogens is 266 g/mol. The molecule has 3 aromatic rings. The molecule has 0 saturated carbocycles. The van der Waals surface area contributed by atoms with Gasteiger partial charge in [-0.1, -0.05) is 23.7 Å². The van der Waals surface area contributed by atoms with E-state index in [2.05, 4.69) is 28.3 Å². The van der Waals surface area contributed by atoms with Gasteiger partial charge >= 0.3 is 0 Å². The van der Waals surface area contributed by atoms with Crippen molar-refractivity contribution >= 4 is 44.7 Å². The summed E-state index contributed by atoms with van der Waals surface area (Å²) in [5.41, 5.74) is 0.850. The van der Waals surface area contributed by atoms with Crippen LogP contribution in [0.2, 0.25) is 5.02 Å². The molecule has 1 aromatic carbocycles. The van der Waals surface area contributed by atoms with Crippen LogP contribution < -0.4 is 5.32 Å². The molecule has 1 N–H and O–H groups in total. The fourth-order valence-electron chi connectivity index (χ4n) is 1.77. The number of rotatable bonds is 2. The van der Waals surface area contributed by atoms with E-state index in [0.717, 1.165) is 21.7 Å². The Bertz CT molecular complexity index is 708. The quantitative estimate of drug-likeness (QED) is 0.753. The minimum absolute atomic E-state index is 0.677. The van der Waals surface area contributed by atoms with Gasteiger partial charge in [-0.25, -0.2) is 9.97 Å². The maximum atomic E-state index is 6.13. The molecule has 0 unspecified atom stereocenters. The van der Waals surface area contributed by atoms with Crippen molar-refractivity contribution in [2.75, 3.05) is 5.32 Å². The van der Waals surface area contributed by atoms with E-state index in [1.54, 1.807) is 17.7 Å². The van der Waals surface area contributed by atoms with Crippen molar-refractivity contribution in [3.8, 4) is 0 Å². The summed E-state index contributed by atoms with van der Waals surface area (Å²) in [4.78, 5) is 10.7. The van der Waals surface area contributed by atoms with E-state index in [0.29, 0.717) is 5.02 Å². The zero-order valence-corrected chi connectivity index (χ0v) is 11.2. The van der Waals surface area contributed by atoms with E-state index in [-0.39, 0.29) is 0 Å². The fourth-order valence-corrected chi connectivity index (χ4v) is 2.80. The van der Waals surface area contributed by atoms with Crippen molar-refractivity contribution in [3.63, 3.8) is 0 Å². The van der Waals surface area contributed by atoms with Gasteiger partial charge in [-0.2, -0.15) is 0 Å². The molecule has 0 aliphatic carbocycles. The van der Waals surface area contributed by atoms with Crippen LogP contribution in [0.5, 0.6) is 0 Å². The van der Waals surface area contributed by atoms with Crippen molar-refractivity contribution in [2.24, 2.45) is 0 Å². The average molecular weight is 276 g/mol. The predicted octanol–water partition coefficient (Wildman–Crippen LogP) is 4.40. The monoisotopic (exact) mass is 275 g/mol. The second-order valence-electron chi connectivity index (χ2n) is 3.90. The van der Waals surface area contributed by atoms with Crippen LogP contribution in [0.15, 0.2) is 36.7 Å². The van der Waals surface area contributed by atoms with Gasteiger partial charge < -0.3 is 5.32 Å². The zero-order valence-electron chi connectivity index (χ0n) is 9.64. The van der Waals surface area contributed by atoms with Gasteiger partial charge in [-0.3, -0.25) is 0 Å². The van der Waals surface area contributed by atoms with E-state index >= 15 is 0 Å². The van der Waals surface area contributed by atoms with Gasteiger partial charge in [-0.05, 0) is 25.1 Å². The predicted molar refractivity (Wildman–Crippen MR) is 76.9 cm³/mol. The van der Waals surface area contributed by atoms with Crippen molar-refractivity contribution < 1.29 is 0 Å². The Labute approximate surface area is 113 Å². The van der Waals surface area contributed by atoms with E-state index in [9.17, 15) is 0 Å². The number of halogens is 1. The Balaban J connectivity index is 2.07. The molecule has 0 radical (unpaired) electrons. The highest BCUT2D eigenvalue weighted by Gasteiger charge is 2.08. The maximum Gasteiger partial charge on any atom is 0.142 e. The highest BCUT2D eigenvalue weighted by Crippen LogP contribution is 2.31. The van der Waals surface area contributed by atoms with Gasteiger partial charge in [0.1, 0.15) is 17.0 Å². The van der Waals surface area contributed by atoms with Crippen LogP contribution in [-0.4, -0.2) is 9.97 Å². The minimum Gasteiger partial charge on any atom is -0.338 e. The number of nitrogens with zero attached hydrogens (tertiary/aromatic N) is 2. The molecule has 18 heavy (non-hydrogen) atoms. The number of thiophene rings is 1. The average Bonchev–Trinajstić information content (AvgIpc) is 2.73. The normalized spacial score (nSPS) is 10.8. The molecule has 3 rings (SSSR count). The number of aryl methyl sites for hydroxylation is 1. The molecule has 2 heterocycles. The molecule has 90 valence electrons. The zero-order chi connectivity index (χ0) is 12.5. The molecule has 3 nitrogen and oxygen atoms in total. The number of fused-ring (bicyclic) bond motifs is 1. The molecule has 5 heteroatoms. The SMILES string of the molecule is Cc1cc2c(Nc3ccccc3Cl)ncnc2s1. The smallest absolute Gasteiger partial charge is 0.142 e. The summed E-state index contributed by atoms with van der Waals surface area (Å²) in [6.07, 6.45) is 1.57. The standard InChI is InChI=1S/C13H10ClN3S/c1-8-6-9-12(15-7-16-13(9)18-8)17-11-5-3-2-4-10(11)14/h2-7H,1H3,(H,15,16,17). The topological polar surface area (TPSA) is 37.8 Å². The summed E-state index contributed by atoms with van der Waals surface area (Å²) in [5.74, 6) is 0.789. The molecule has 2 aromatic heterocycles. The van der Waals surface area contributed by atoms with Crippen LogP contribution in [0.3, 0.4) is 0 Å². The summed E-state index contributed by atoms with van der Waals surface area (Å²) < 4.78 is 0. The summed E-state index contributed by atoms with van der Waals surface area (Å²) in [6.45, 7) is 2.06. The lowest BCUT2D eigenvalue weighted by atomic mass is 10.3. The second-order valence-corrected chi connectivity index (χ2v) is 5.54. The third kappa shape index (κ3) is 2.05. The van der Waals surface area contributed by atoms with Crippen LogP contribution in [-0.2, 0) is 0 Å². The molecule has 0 amide bonds. The number of para-hydroxylation sites is 1. The maximum absolute atomic E-state index is 6.13. The molecule has 0 aliphatic heterocycles. The first-order chi connectivity index (χ1) is 8.74. The molecule has 0 aliphatic rings. The van der Waals surface area contributed by atoms with E-state index in [1.807, 2.05) is 24.3 Å². The van der Waals surface area contributed by atoms with Gasteiger partial charge in [0, 0.05) is 4.88 Å². The number of hydrogen-bond acceptors (Lipinski definition) is 4. The van der Waals surface area contributed by atoms with Crippen molar-refractivity contribution in [2.45, 2.75) is 6.92 Å². The van der Waals surface area contributed by atoms with Crippen molar-refractivity contribution in [3.05, 3.63) is 46.6 Å². The number of anilines is 2. The van der Waals surface area contributed by atoms with E-state index < -0.39 is 0 Å². The molecule has 0 fully saturated rings. The Morgan fingerprint density at radius 2 is 2.06 bits per heavy atom. The Kier molecular flexibility index (Phi) is 2.89. The lowest BCUT2D eigenvalue weighted by molar-refractivity contribution is 1.23. The van der Waals surface area contributed by atoms with Crippen LogP contribution in [0.1, 0.15) is 4.88 Å². The summed E-state index contributed by atoms with van der Waals surface area (Å²) in [6, 6.07) is 9.69. The first-order valence-corrected chi connectivity index (χ1v) is 6.66. The Hall–Kier alpha value is -1.65. The third-order valence-electron chi connectivity index (χ3n) is 2.58. The van der Waals surface area contributed by atoms with Crippen LogP contribution in [0.25, 0.3) is 10.2 Å². The summed E-state index contributed by atoms with van der Waals surface area (Å²) in [5, 5.41) is 4.96. The number of aromatic nitrogens is 2. The molecule has 0 saturated heterocycles. The van der Waals surface area contributed by atoms with Gasteiger partial charge in [0.2, 0.25) is 0 Å². The van der Waals surface area contributed by atoms with Gasteiger partial charge in [0.05, 0.1) is 16.1 Å².